The molecule has 6 heteroatoms. The van der Waals surface area contributed by atoms with Crippen LogP contribution in [0.15, 0.2) is 46.7 Å². The third-order valence-electron chi connectivity index (χ3n) is 1.96. The fourth-order valence-corrected chi connectivity index (χ4v) is 2.15. The topological polar surface area (TPSA) is 75.7 Å². The van der Waals surface area contributed by atoms with E-state index in [9.17, 15) is 0 Å². The molecule has 2 heterocycles. The zero-order valence-electron chi connectivity index (χ0n) is 8.72. The summed E-state index contributed by atoms with van der Waals surface area (Å²) in [7, 11) is 0. The smallest absolute Gasteiger partial charge is 0.125 e. The van der Waals surface area contributed by atoms with Crippen LogP contribution in [-0.2, 0) is 0 Å². The Balaban J connectivity index is 2.30. The Morgan fingerprint density at radius 1 is 1.29 bits per heavy atom. The SMILES string of the molecule is N=C(N)c1cccnc1Sc1ccc(Cl)cn1. The maximum atomic E-state index is 7.46. The van der Waals surface area contributed by atoms with Gasteiger partial charge in [-0.3, -0.25) is 5.41 Å². The third kappa shape index (κ3) is 2.95. The molecular formula is C11H9ClN4S. The van der Waals surface area contributed by atoms with E-state index in [0.29, 0.717) is 15.6 Å². The summed E-state index contributed by atoms with van der Waals surface area (Å²) < 4.78 is 0. The van der Waals surface area contributed by atoms with Gasteiger partial charge in [0, 0.05) is 18.0 Å². The summed E-state index contributed by atoms with van der Waals surface area (Å²) in [5.41, 5.74) is 6.09. The molecule has 86 valence electrons. The van der Waals surface area contributed by atoms with Gasteiger partial charge in [-0.1, -0.05) is 11.6 Å². The van der Waals surface area contributed by atoms with Crippen LogP contribution < -0.4 is 5.73 Å². The normalized spacial score (nSPS) is 10.2. The molecule has 0 aliphatic heterocycles. The van der Waals surface area contributed by atoms with Crippen molar-refractivity contribution >= 4 is 29.2 Å². The molecule has 0 aliphatic carbocycles. The van der Waals surface area contributed by atoms with Crippen molar-refractivity contribution < 1.29 is 0 Å². The number of nitrogens with zero attached hydrogens (tertiary/aromatic N) is 2. The molecule has 0 amide bonds. The van der Waals surface area contributed by atoms with Gasteiger partial charge in [0.15, 0.2) is 0 Å². The number of nitrogen functional groups attached to an aromatic ring is 1. The fraction of sp³-hybridized carbons (Fsp3) is 0. The van der Waals surface area contributed by atoms with E-state index < -0.39 is 0 Å². The minimum atomic E-state index is -0.00503. The van der Waals surface area contributed by atoms with Crippen LogP contribution >= 0.6 is 23.4 Å². The molecule has 2 aromatic rings. The van der Waals surface area contributed by atoms with E-state index in [1.54, 1.807) is 36.7 Å². The van der Waals surface area contributed by atoms with Crippen LogP contribution in [0.1, 0.15) is 5.56 Å². The van der Waals surface area contributed by atoms with E-state index in [-0.39, 0.29) is 5.84 Å². The Kier molecular flexibility index (Phi) is 3.61. The molecule has 0 atom stereocenters. The van der Waals surface area contributed by atoms with E-state index in [2.05, 4.69) is 9.97 Å². The number of amidine groups is 1. The molecule has 0 saturated heterocycles. The summed E-state index contributed by atoms with van der Waals surface area (Å²) >= 11 is 7.10. The molecule has 0 spiro atoms. The maximum absolute atomic E-state index is 7.46. The van der Waals surface area contributed by atoms with Gasteiger partial charge in [0.2, 0.25) is 0 Å². The van der Waals surface area contributed by atoms with Crippen LogP contribution in [0, 0.1) is 5.41 Å². The van der Waals surface area contributed by atoms with Gasteiger partial charge >= 0.3 is 0 Å². The van der Waals surface area contributed by atoms with E-state index >= 15 is 0 Å². The first-order valence-corrected chi connectivity index (χ1v) is 5.95. The number of nitrogens with two attached hydrogens (primary N) is 1. The van der Waals surface area contributed by atoms with Crippen molar-refractivity contribution in [3.63, 3.8) is 0 Å². The zero-order valence-corrected chi connectivity index (χ0v) is 10.3. The van der Waals surface area contributed by atoms with E-state index in [4.69, 9.17) is 22.7 Å². The molecule has 0 aliphatic rings. The predicted octanol–water partition coefficient (Wildman–Crippen LogP) is 2.57. The summed E-state index contributed by atoms with van der Waals surface area (Å²) in [5, 5.41) is 9.47. The minimum Gasteiger partial charge on any atom is -0.384 e. The van der Waals surface area contributed by atoms with Crippen LogP contribution in [0.4, 0.5) is 0 Å². The highest BCUT2D eigenvalue weighted by molar-refractivity contribution is 7.99. The summed E-state index contributed by atoms with van der Waals surface area (Å²) in [5.74, 6) is -0.00503. The summed E-state index contributed by atoms with van der Waals surface area (Å²) in [4.78, 5) is 8.34. The molecule has 4 nitrogen and oxygen atoms in total. The monoisotopic (exact) mass is 264 g/mol. The maximum Gasteiger partial charge on any atom is 0.125 e. The molecule has 0 fully saturated rings. The Labute approximate surface area is 108 Å². The van der Waals surface area contributed by atoms with Gasteiger partial charge in [0.05, 0.1) is 5.02 Å². The van der Waals surface area contributed by atoms with Crippen LogP contribution in [0.5, 0.6) is 0 Å². The quantitative estimate of drug-likeness (QED) is 0.660. The second kappa shape index (κ2) is 5.16. The highest BCUT2D eigenvalue weighted by atomic mass is 35.5. The van der Waals surface area contributed by atoms with Gasteiger partial charge in [-0.2, -0.15) is 0 Å². The largest absolute Gasteiger partial charge is 0.384 e. The van der Waals surface area contributed by atoms with Crippen molar-refractivity contribution in [2.24, 2.45) is 5.73 Å². The van der Waals surface area contributed by atoms with Crippen molar-refractivity contribution in [2.75, 3.05) is 0 Å². The standard InChI is InChI=1S/C11H9ClN4S/c12-7-3-4-9(16-6-7)17-11-8(10(13)14)2-1-5-15-11/h1-6H,(H3,13,14). The Bertz CT molecular complexity index is 541. The molecule has 0 bridgehead atoms. The lowest BCUT2D eigenvalue weighted by molar-refractivity contribution is 1.08. The number of halogens is 1. The number of hydrogen-bond donors (Lipinski definition) is 2. The highest BCUT2D eigenvalue weighted by Crippen LogP contribution is 2.27. The summed E-state index contributed by atoms with van der Waals surface area (Å²) in [6, 6.07) is 7.06. The first-order valence-electron chi connectivity index (χ1n) is 4.75. The Hall–Kier alpha value is -1.59. The number of rotatable bonds is 3. The van der Waals surface area contributed by atoms with Crippen LogP contribution in [0.25, 0.3) is 0 Å². The lowest BCUT2D eigenvalue weighted by Gasteiger charge is -2.05. The van der Waals surface area contributed by atoms with Crippen LogP contribution in [0.2, 0.25) is 5.02 Å². The molecule has 2 rings (SSSR count). The lowest BCUT2D eigenvalue weighted by atomic mass is 10.3. The molecule has 3 N–H and O–H groups in total. The first kappa shape index (κ1) is 11.9. The number of pyridine rings is 2. The van der Waals surface area contributed by atoms with Crippen molar-refractivity contribution in [3.05, 3.63) is 47.2 Å². The van der Waals surface area contributed by atoms with E-state index in [1.807, 2.05) is 0 Å². The average Bonchev–Trinajstić information content (AvgIpc) is 2.32. The highest BCUT2D eigenvalue weighted by Gasteiger charge is 2.08. The second-order valence-corrected chi connectivity index (χ2v) is 4.63. The van der Waals surface area contributed by atoms with Gasteiger partial charge in [-0.15, -0.1) is 0 Å². The van der Waals surface area contributed by atoms with E-state index in [1.165, 1.54) is 11.8 Å². The second-order valence-electron chi connectivity index (χ2n) is 3.19. The van der Waals surface area contributed by atoms with Crippen molar-refractivity contribution in [1.82, 2.24) is 9.97 Å². The lowest BCUT2D eigenvalue weighted by Crippen LogP contribution is -2.12. The fourth-order valence-electron chi connectivity index (χ4n) is 1.20. The Morgan fingerprint density at radius 3 is 2.76 bits per heavy atom. The zero-order chi connectivity index (χ0) is 12.3. The molecule has 0 aromatic carbocycles. The van der Waals surface area contributed by atoms with Crippen molar-refractivity contribution in [1.29, 1.82) is 5.41 Å². The van der Waals surface area contributed by atoms with Gasteiger partial charge in [-0.25, -0.2) is 9.97 Å². The average molecular weight is 265 g/mol. The number of nitrogens with one attached hydrogen (secondary N) is 1. The molecule has 17 heavy (non-hydrogen) atoms. The number of aromatic nitrogens is 2. The van der Waals surface area contributed by atoms with Crippen molar-refractivity contribution in [3.8, 4) is 0 Å². The summed E-state index contributed by atoms with van der Waals surface area (Å²) in [6.07, 6.45) is 3.23. The Morgan fingerprint density at radius 2 is 2.12 bits per heavy atom. The van der Waals surface area contributed by atoms with Crippen LogP contribution in [0.3, 0.4) is 0 Å². The predicted molar refractivity (Wildman–Crippen MR) is 68.6 cm³/mol. The molecular weight excluding hydrogens is 256 g/mol. The minimum absolute atomic E-state index is 0.00503. The number of hydrogen-bond acceptors (Lipinski definition) is 4. The van der Waals surface area contributed by atoms with Gasteiger partial charge < -0.3 is 5.73 Å². The molecule has 0 saturated carbocycles. The van der Waals surface area contributed by atoms with Gasteiger partial charge in [0.1, 0.15) is 15.9 Å². The summed E-state index contributed by atoms with van der Waals surface area (Å²) in [6.45, 7) is 0. The molecule has 2 aromatic heterocycles. The molecule has 0 unspecified atom stereocenters. The van der Waals surface area contributed by atoms with Crippen LogP contribution in [-0.4, -0.2) is 15.8 Å². The van der Waals surface area contributed by atoms with Crippen molar-refractivity contribution in [2.45, 2.75) is 10.1 Å². The van der Waals surface area contributed by atoms with Gasteiger partial charge in [-0.05, 0) is 36.0 Å². The third-order valence-corrected chi connectivity index (χ3v) is 3.16. The van der Waals surface area contributed by atoms with E-state index in [0.717, 1.165) is 5.03 Å². The first-order chi connectivity index (χ1) is 8.16. The molecule has 0 radical (unpaired) electrons. The van der Waals surface area contributed by atoms with Gasteiger partial charge in [0.25, 0.3) is 0 Å².